The molecule has 0 radical (unpaired) electrons. The summed E-state index contributed by atoms with van der Waals surface area (Å²) in [5.74, 6) is 0.217. The molecule has 10 heavy (non-hydrogen) atoms. The summed E-state index contributed by atoms with van der Waals surface area (Å²) in [6.07, 6.45) is 4.16. The molecule has 0 unspecified atom stereocenters. The zero-order chi connectivity index (χ0) is 7.82. The zero-order valence-electron chi connectivity index (χ0n) is 6.18. The maximum atomic E-state index is 10.8. The van der Waals surface area contributed by atoms with Crippen LogP contribution in [0.4, 0.5) is 0 Å². The molecule has 1 N–H and O–H groups in total. The number of carbonyl (C=O) groups excluding carboxylic acids is 1. The van der Waals surface area contributed by atoms with Gasteiger partial charge in [-0.2, -0.15) is 0 Å². The lowest BCUT2D eigenvalue weighted by molar-refractivity contribution is -0.119. The van der Waals surface area contributed by atoms with Crippen molar-refractivity contribution in [2.24, 2.45) is 0 Å². The number of hydrogen-bond acceptors (Lipinski definition) is 2. The Morgan fingerprint density at radius 1 is 1.50 bits per heavy atom. The van der Waals surface area contributed by atoms with Gasteiger partial charge in [-0.25, -0.2) is 0 Å². The summed E-state index contributed by atoms with van der Waals surface area (Å²) in [5, 5.41) is 8.37. The van der Waals surface area contributed by atoms with Crippen LogP contribution in [0.25, 0.3) is 0 Å². The van der Waals surface area contributed by atoms with Crippen LogP contribution in [0.5, 0.6) is 0 Å². The smallest absolute Gasteiger partial charge is 0.133 e. The van der Waals surface area contributed by atoms with E-state index in [1.54, 1.807) is 6.08 Å². The van der Waals surface area contributed by atoms with Crippen LogP contribution in [0.15, 0.2) is 12.7 Å². The van der Waals surface area contributed by atoms with E-state index in [9.17, 15) is 4.79 Å². The zero-order valence-corrected chi connectivity index (χ0v) is 6.18. The first kappa shape index (κ1) is 9.37. The van der Waals surface area contributed by atoms with Crippen LogP contribution in [0.3, 0.4) is 0 Å². The highest BCUT2D eigenvalue weighted by Gasteiger charge is 1.97. The normalized spacial score (nSPS) is 9.30. The molecule has 0 bridgehead atoms. The van der Waals surface area contributed by atoms with Crippen molar-refractivity contribution >= 4 is 5.78 Å². The highest BCUT2D eigenvalue weighted by molar-refractivity contribution is 5.78. The molecular formula is C8H14O2. The van der Waals surface area contributed by atoms with E-state index in [2.05, 4.69) is 6.58 Å². The lowest BCUT2D eigenvalue weighted by Gasteiger charge is -1.94. The molecule has 0 rings (SSSR count). The molecule has 0 heterocycles. The van der Waals surface area contributed by atoms with Gasteiger partial charge in [-0.1, -0.05) is 6.08 Å². The standard InChI is InChI=1S/C8H14O2/c1-2-3-5-8(10)6-4-7-9/h2,9H,1,3-7H2. The van der Waals surface area contributed by atoms with E-state index in [1.165, 1.54) is 0 Å². The van der Waals surface area contributed by atoms with Crippen molar-refractivity contribution in [2.45, 2.75) is 25.7 Å². The van der Waals surface area contributed by atoms with E-state index in [0.717, 1.165) is 6.42 Å². The minimum absolute atomic E-state index is 0.111. The number of carbonyl (C=O) groups is 1. The van der Waals surface area contributed by atoms with Crippen molar-refractivity contribution in [2.75, 3.05) is 6.61 Å². The second-order valence-corrected chi connectivity index (χ2v) is 2.19. The maximum absolute atomic E-state index is 10.8. The number of aliphatic hydroxyl groups excluding tert-OH is 1. The van der Waals surface area contributed by atoms with Crippen molar-refractivity contribution in [1.29, 1.82) is 0 Å². The number of aliphatic hydroxyl groups is 1. The van der Waals surface area contributed by atoms with Gasteiger partial charge in [0, 0.05) is 19.4 Å². The van der Waals surface area contributed by atoms with Crippen molar-refractivity contribution in [3.8, 4) is 0 Å². The van der Waals surface area contributed by atoms with E-state index in [4.69, 9.17) is 5.11 Å². The fraction of sp³-hybridized carbons (Fsp3) is 0.625. The average molecular weight is 142 g/mol. The fourth-order valence-electron chi connectivity index (χ4n) is 0.664. The first-order valence-corrected chi connectivity index (χ1v) is 3.54. The molecule has 0 saturated heterocycles. The third-order valence-electron chi connectivity index (χ3n) is 1.24. The number of hydrogen-bond donors (Lipinski definition) is 1. The molecule has 0 aliphatic rings. The van der Waals surface area contributed by atoms with Gasteiger partial charge in [0.05, 0.1) is 0 Å². The number of rotatable bonds is 6. The Bertz CT molecular complexity index is 108. The summed E-state index contributed by atoms with van der Waals surface area (Å²) in [6.45, 7) is 3.62. The Hall–Kier alpha value is -0.630. The van der Waals surface area contributed by atoms with Crippen LogP contribution >= 0.6 is 0 Å². The lowest BCUT2D eigenvalue weighted by atomic mass is 10.1. The molecule has 58 valence electrons. The summed E-state index contributed by atoms with van der Waals surface area (Å²) >= 11 is 0. The summed E-state index contributed by atoms with van der Waals surface area (Å²) in [7, 11) is 0. The Morgan fingerprint density at radius 2 is 2.20 bits per heavy atom. The van der Waals surface area contributed by atoms with Crippen LogP contribution in [0, 0.1) is 0 Å². The van der Waals surface area contributed by atoms with Crippen LogP contribution < -0.4 is 0 Å². The Kier molecular flexibility index (Phi) is 6.08. The Balaban J connectivity index is 3.16. The second-order valence-electron chi connectivity index (χ2n) is 2.19. The molecule has 0 aromatic carbocycles. The van der Waals surface area contributed by atoms with Crippen molar-refractivity contribution in [1.82, 2.24) is 0 Å². The molecule has 2 nitrogen and oxygen atoms in total. The number of allylic oxidation sites excluding steroid dienone is 1. The van der Waals surface area contributed by atoms with Gasteiger partial charge >= 0.3 is 0 Å². The van der Waals surface area contributed by atoms with Crippen molar-refractivity contribution in [3.05, 3.63) is 12.7 Å². The van der Waals surface area contributed by atoms with Crippen LogP contribution in [0.2, 0.25) is 0 Å². The minimum Gasteiger partial charge on any atom is -0.396 e. The fourth-order valence-corrected chi connectivity index (χ4v) is 0.664. The van der Waals surface area contributed by atoms with Crippen LogP contribution in [0.1, 0.15) is 25.7 Å². The molecule has 0 amide bonds. The van der Waals surface area contributed by atoms with Gasteiger partial charge in [-0.05, 0) is 12.8 Å². The molecule has 2 heteroatoms. The Morgan fingerprint density at radius 3 is 2.70 bits per heavy atom. The van der Waals surface area contributed by atoms with E-state index in [-0.39, 0.29) is 12.4 Å². The third kappa shape index (κ3) is 5.51. The van der Waals surface area contributed by atoms with E-state index < -0.39 is 0 Å². The molecule has 0 aliphatic carbocycles. The van der Waals surface area contributed by atoms with Gasteiger partial charge in [0.1, 0.15) is 5.78 Å². The molecule has 0 aliphatic heterocycles. The topological polar surface area (TPSA) is 37.3 Å². The van der Waals surface area contributed by atoms with Gasteiger partial charge in [-0.15, -0.1) is 6.58 Å². The number of Topliss-reactive ketones (excluding diaryl/α,β-unsaturated/α-hetero) is 1. The largest absolute Gasteiger partial charge is 0.396 e. The van der Waals surface area contributed by atoms with Crippen molar-refractivity contribution < 1.29 is 9.90 Å². The van der Waals surface area contributed by atoms with E-state index in [1.807, 2.05) is 0 Å². The summed E-state index contributed by atoms with van der Waals surface area (Å²) in [5.41, 5.74) is 0. The van der Waals surface area contributed by atoms with Gasteiger partial charge in [0.2, 0.25) is 0 Å². The summed E-state index contributed by atoms with van der Waals surface area (Å²) in [4.78, 5) is 10.8. The quantitative estimate of drug-likeness (QED) is 0.567. The molecule has 0 atom stereocenters. The van der Waals surface area contributed by atoms with Gasteiger partial charge in [0.25, 0.3) is 0 Å². The number of ketones is 1. The van der Waals surface area contributed by atoms with E-state index >= 15 is 0 Å². The summed E-state index contributed by atoms with van der Waals surface area (Å²) < 4.78 is 0. The van der Waals surface area contributed by atoms with Gasteiger partial charge in [-0.3, -0.25) is 4.79 Å². The predicted molar refractivity (Wildman–Crippen MR) is 40.8 cm³/mol. The monoisotopic (exact) mass is 142 g/mol. The third-order valence-corrected chi connectivity index (χ3v) is 1.24. The van der Waals surface area contributed by atoms with Crippen molar-refractivity contribution in [3.63, 3.8) is 0 Å². The minimum atomic E-state index is 0.111. The highest BCUT2D eigenvalue weighted by atomic mass is 16.3. The first-order chi connectivity index (χ1) is 4.81. The van der Waals surface area contributed by atoms with Crippen LogP contribution in [-0.2, 0) is 4.79 Å². The van der Waals surface area contributed by atoms with Gasteiger partial charge in [0.15, 0.2) is 0 Å². The predicted octanol–water partition coefficient (Wildman–Crippen LogP) is 1.29. The van der Waals surface area contributed by atoms with Crippen LogP contribution in [-0.4, -0.2) is 17.5 Å². The SMILES string of the molecule is C=CCCC(=O)CCCO. The molecule has 0 saturated carbocycles. The second kappa shape index (κ2) is 6.49. The molecule has 0 aromatic rings. The summed E-state index contributed by atoms with van der Waals surface area (Å²) in [6, 6.07) is 0. The Labute approximate surface area is 61.6 Å². The molecule has 0 aromatic heterocycles. The lowest BCUT2D eigenvalue weighted by Crippen LogP contribution is -1.97. The molecular weight excluding hydrogens is 128 g/mol. The average Bonchev–Trinajstić information content (AvgIpc) is 1.97. The maximum Gasteiger partial charge on any atom is 0.133 e. The van der Waals surface area contributed by atoms with E-state index in [0.29, 0.717) is 19.3 Å². The van der Waals surface area contributed by atoms with Gasteiger partial charge < -0.3 is 5.11 Å². The highest BCUT2D eigenvalue weighted by Crippen LogP contribution is 1.97. The first-order valence-electron chi connectivity index (χ1n) is 3.54. The molecule has 0 spiro atoms. The molecule has 0 fully saturated rings.